The molecule has 0 aromatic heterocycles. The second-order valence-corrected chi connectivity index (χ2v) is 14.9. The van der Waals surface area contributed by atoms with Gasteiger partial charge in [0.2, 0.25) is 11.8 Å². The summed E-state index contributed by atoms with van der Waals surface area (Å²) in [5, 5.41) is 13.6. The third kappa shape index (κ3) is 5.29. The van der Waals surface area contributed by atoms with Crippen molar-refractivity contribution in [2.24, 2.45) is 23.7 Å². The average Bonchev–Trinajstić information content (AvgIpc) is 3.54. The number of phenolic OH excluding ortho intramolecular Hbond substituents is 1. The Kier molecular flexibility index (Phi) is 8.67. The SMILES string of the molecule is COc1ccc(C23C(=O)N(Nc4ccc(Cl)cc4Cl)C(=O)C2CC2C(=CCC4C(=O)N(c5ccc(Cl)cc5)C(=O)C42)C3c2cc(OC)ccc2O)cc1. The van der Waals surface area contributed by atoms with E-state index in [0.29, 0.717) is 43.9 Å². The number of amides is 4. The van der Waals surface area contributed by atoms with Gasteiger partial charge >= 0.3 is 0 Å². The normalized spacial score (nSPS) is 26.2. The van der Waals surface area contributed by atoms with Crippen LogP contribution in [0.3, 0.4) is 0 Å². The Morgan fingerprint density at radius 2 is 1.45 bits per heavy atom. The van der Waals surface area contributed by atoms with E-state index in [0.717, 1.165) is 5.01 Å². The van der Waals surface area contributed by atoms with Crippen LogP contribution in [-0.2, 0) is 24.6 Å². The van der Waals surface area contributed by atoms with Gasteiger partial charge in [-0.25, -0.2) is 0 Å². The van der Waals surface area contributed by atoms with Gasteiger partial charge in [-0.15, -0.1) is 0 Å². The molecule has 4 aromatic rings. The largest absolute Gasteiger partial charge is 0.508 e. The predicted octanol–water partition coefficient (Wildman–Crippen LogP) is 7.56. The van der Waals surface area contributed by atoms with Crippen molar-refractivity contribution >= 4 is 69.8 Å². The lowest BCUT2D eigenvalue weighted by molar-refractivity contribution is -0.138. The van der Waals surface area contributed by atoms with Gasteiger partial charge in [0.15, 0.2) is 0 Å². The van der Waals surface area contributed by atoms with E-state index in [1.54, 1.807) is 72.8 Å². The molecule has 53 heavy (non-hydrogen) atoms. The number of allylic oxidation sites excluding steroid dienone is 2. The molecule has 270 valence electrons. The van der Waals surface area contributed by atoms with Crippen molar-refractivity contribution in [3.63, 3.8) is 0 Å². The van der Waals surface area contributed by atoms with Crippen LogP contribution in [0, 0.1) is 23.7 Å². The minimum atomic E-state index is -1.64. The molecule has 4 aliphatic rings. The van der Waals surface area contributed by atoms with E-state index in [2.05, 4.69) is 5.43 Å². The molecule has 1 saturated carbocycles. The van der Waals surface area contributed by atoms with Crippen LogP contribution in [0.25, 0.3) is 0 Å². The molecule has 8 rings (SSSR count). The lowest BCUT2D eigenvalue weighted by atomic mass is 9.49. The van der Waals surface area contributed by atoms with E-state index in [9.17, 15) is 19.5 Å². The average molecular weight is 773 g/mol. The molecule has 6 atom stereocenters. The number of benzene rings is 4. The van der Waals surface area contributed by atoms with Crippen LogP contribution in [0.15, 0.2) is 96.6 Å². The molecule has 4 amide bonds. The minimum absolute atomic E-state index is 0.0604. The number of rotatable bonds is 7. The number of phenols is 1. The molecule has 10 nitrogen and oxygen atoms in total. The lowest BCUT2D eigenvalue weighted by Gasteiger charge is -2.50. The van der Waals surface area contributed by atoms with Gasteiger partial charge in [-0.3, -0.25) is 29.5 Å². The summed E-state index contributed by atoms with van der Waals surface area (Å²) in [7, 11) is 3.02. The molecular weight excluding hydrogens is 741 g/mol. The number of nitrogens with one attached hydrogen (secondary N) is 1. The van der Waals surface area contributed by atoms with Crippen LogP contribution < -0.4 is 19.8 Å². The summed E-state index contributed by atoms with van der Waals surface area (Å²) in [5.41, 5.74) is 3.50. The van der Waals surface area contributed by atoms with Crippen molar-refractivity contribution in [1.29, 1.82) is 0 Å². The second-order valence-electron chi connectivity index (χ2n) is 13.6. The number of fused-ring (bicyclic) bond motifs is 4. The highest BCUT2D eigenvalue weighted by Crippen LogP contribution is 2.65. The van der Waals surface area contributed by atoms with Crippen LogP contribution in [0.4, 0.5) is 11.4 Å². The monoisotopic (exact) mass is 771 g/mol. The van der Waals surface area contributed by atoms with Gasteiger partial charge in [-0.2, -0.15) is 5.01 Å². The smallest absolute Gasteiger partial charge is 0.260 e. The van der Waals surface area contributed by atoms with E-state index >= 15 is 4.79 Å². The number of nitrogens with zero attached hydrogens (tertiary/aromatic N) is 2. The van der Waals surface area contributed by atoms with E-state index < -0.39 is 52.7 Å². The van der Waals surface area contributed by atoms with Gasteiger partial charge in [0.05, 0.1) is 53.8 Å². The maximum atomic E-state index is 15.4. The van der Waals surface area contributed by atoms with Gasteiger partial charge in [-0.05, 0) is 97.1 Å². The fourth-order valence-electron chi connectivity index (χ4n) is 8.92. The maximum Gasteiger partial charge on any atom is 0.260 e. The van der Waals surface area contributed by atoms with Gasteiger partial charge < -0.3 is 14.6 Å². The highest BCUT2D eigenvalue weighted by molar-refractivity contribution is 6.36. The zero-order valence-corrected chi connectivity index (χ0v) is 30.7. The summed E-state index contributed by atoms with van der Waals surface area (Å²) in [6.07, 6.45) is 2.18. The molecule has 2 aliphatic heterocycles. The molecule has 2 aliphatic carbocycles. The van der Waals surface area contributed by atoms with E-state index in [-0.39, 0.29) is 35.2 Å². The summed E-state index contributed by atoms with van der Waals surface area (Å²) in [5.74, 6) is -5.30. The Labute approximate surface area is 319 Å². The number of carbonyl (C=O) groups excluding carboxylic acids is 4. The molecule has 13 heteroatoms. The summed E-state index contributed by atoms with van der Waals surface area (Å²) >= 11 is 18.8. The van der Waals surface area contributed by atoms with Gasteiger partial charge in [0.1, 0.15) is 17.2 Å². The Morgan fingerprint density at radius 1 is 0.774 bits per heavy atom. The summed E-state index contributed by atoms with van der Waals surface area (Å²) in [4.78, 5) is 60.0. The van der Waals surface area contributed by atoms with Crippen molar-refractivity contribution < 1.29 is 33.8 Å². The molecule has 0 radical (unpaired) electrons. The first kappa shape index (κ1) is 35.0. The van der Waals surface area contributed by atoms with Crippen molar-refractivity contribution in [3.05, 3.63) is 123 Å². The summed E-state index contributed by atoms with van der Waals surface area (Å²) in [6.45, 7) is 0. The fraction of sp³-hybridized carbons (Fsp3) is 0.250. The molecule has 2 N–H and O–H groups in total. The highest BCUT2D eigenvalue weighted by Gasteiger charge is 2.70. The van der Waals surface area contributed by atoms with E-state index in [1.807, 2.05) is 6.08 Å². The van der Waals surface area contributed by atoms with Gasteiger partial charge in [0, 0.05) is 21.5 Å². The van der Waals surface area contributed by atoms with Gasteiger partial charge in [0.25, 0.3) is 11.8 Å². The number of hydrogen-bond donors (Lipinski definition) is 2. The zero-order chi connectivity index (χ0) is 37.3. The Hall–Kier alpha value is -5.03. The number of hydrogen-bond acceptors (Lipinski definition) is 8. The zero-order valence-electron chi connectivity index (χ0n) is 28.4. The molecule has 4 aromatic carbocycles. The first-order valence-electron chi connectivity index (χ1n) is 16.9. The Bertz CT molecular complexity index is 2230. The minimum Gasteiger partial charge on any atom is -0.508 e. The predicted molar refractivity (Wildman–Crippen MR) is 199 cm³/mol. The van der Waals surface area contributed by atoms with Crippen LogP contribution in [0.2, 0.25) is 15.1 Å². The number of halogens is 3. The third-order valence-corrected chi connectivity index (χ3v) is 12.0. The summed E-state index contributed by atoms with van der Waals surface area (Å²) < 4.78 is 11.1. The number of methoxy groups -OCH3 is 2. The quantitative estimate of drug-likeness (QED) is 0.146. The number of aromatic hydroxyl groups is 1. The van der Waals surface area contributed by atoms with Gasteiger partial charge in [-0.1, -0.05) is 58.6 Å². The van der Waals surface area contributed by atoms with Crippen molar-refractivity contribution in [1.82, 2.24) is 5.01 Å². The van der Waals surface area contributed by atoms with Crippen molar-refractivity contribution in [2.45, 2.75) is 24.2 Å². The first-order chi connectivity index (χ1) is 25.5. The molecule has 2 saturated heterocycles. The highest BCUT2D eigenvalue weighted by atomic mass is 35.5. The lowest BCUT2D eigenvalue weighted by Crippen LogP contribution is -2.53. The number of anilines is 2. The molecule has 0 bridgehead atoms. The standard InChI is InChI=1S/C40H32Cl3N3O7/c1-52-24-10-3-20(4-11-24)40-30(37(49)46(39(40)51)44-32-15-7-22(42)17-31(32)43)19-28-26(35(40)29-18-25(53-2)12-16-33(29)47)13-14-27-34(28)38(50)45(36(27)48)23-8-5-21(41)6-9-23/h3-13,15-18,27-28,30,34-35,44,47H,14,19H2,1-2H3. The Morgan fingerprint density at radius 3 is 2.13 bits per heavy atom. The second kappa shape index (κ2) is 13.1. The van der Waals surface area contributed by atoms with Crippen LogP contribution in [-0.4, -0.2) is 48.0 Å². The molecular formula is C40H32Cl3N3O7. The van der Waals surface area contributed by atoms with Crippen LogP contribution in [0.5, 0.6) is 17.2 Å². The van der Waals surface area contributed by atoms with E-state index in [1.165, 1.54) is 31.3 Å². The molecule has 6 unspecified atom stereocenters. The summed E-state index contributed by atoms with van der Waals surface area (Å²) in [6, 6.07) is 22.8. The number of hydrazine groups is 1. The van der Waals surface area contributed by atoms with Crippen LogP contribution >= 0.6 is 34.8 Å². The van der Waals surface area contributed by atoms with Crippen molar-refractivity contribution in [2.75, 3.05) is 24.5 Å². The number of imide groups is 2. The van der Waals surface area contributed by atoms with Crippen LogP contribution in [0.1, 0.15) is 29.9 Å². The third-order valence-electron chi connectivity index (χ3n) is 11.2. The molecule has 0 spiro atoms. The van der Waals surface area contributed by atoms with E-state index in [4.69, 9.17) is 44.3 Å². The number of carbonyl (C=O) groups is 4. The van der Waals surface area contributed by atoms with Crippen molar-refractivity contribution in [3.8, 4) is 17.2 Å². The fourth-order valence-corrected chi connectivity index (χ4v) is 9.50. The first-order valence-corrected chi connectivity index (χ1v) is 18.1. The maximum absolute atomic E-state index is 15.4. The molecule has 2 heterocycles. The molecule has 3 fully saturated rings. The Balaban J connectivity index is 1.35. The topological polar surface area (TPSA) is 125 Å². The number of ether oxygens (including phenoxy) is 2.